The van der Waals surface area contributed by atoms with Crippen molar-refractivity contribution in [3.05, 3.63) is 0 Å². The summed E-state index contributed by atoms with van der Waals surface area (Å²) in [6.45, 7) is 0.877. The first-order valence-corrected chi connectivity index (χ1v) is 6.27. The number of likely N-dealkylation sites (N-methyl/N-ethyl adjacent to an activating group) is 1. The number of carboxylic acid groups (broad SMARTS) is 1. The number of aliphatic carboxylic acids is 1. The lowest BCUT2D eigenvalue weighted by molar-refractivity contribution is -0.145. The summed E-state index contributed by atoms with van der Waals surface area (Å²) in [6.07, 6.45) is 3.73. The summed E-state index contributed by atoms with van der Waals surface area (Å²) >= 11 is 0. The number of methoxy groups -OCH3 is 1. The van der Waals surface area contributed by atoms with Gasteiger partial charge in [0.15, 0.2) is 0 Å². The number of carbonyl (C=O) groups excluding carboxylic acids is 1. The third kappa shape index (κ3) is 3.60. The molecule has 6 nitrogen and oxygen atoms in total. The molecule has 0 aromatic heterocycles. The standard InChI is InChI=1S/C12H22N2O4/c1-14(8-9-18-2)11(17)13-12(10(15)16)6-4-3-5-7-12/h3-9H2,1-2H3,(H,13,17)(H,15,16). The number of nitrogens with one attached hydrogen (secondary N) is 1. The van der Waals surface area contributed by atoms with Gasteiger partial charge in [-0.1, -0.05) is 19.3 Å². The predicted octanol–water partition coefficient (Wildman–Crippen LogP) is 1.06. The van der Waals surface area contributed by atoms with E-state index in [0.29, 0.717) is 26.0 Å². The maximum atomic E-state index is 11.9. The van der Waals surface area contributed by atoms with Crippen molar-refractivity contribution in [1.29, 1.82) is 0 Å². The second-order valence-electron chi connectivity index (χ2n) is 4.79. The molecule has 18 heavy (non-hydrogen) atoms. The van der Waals surface area contributed by atoms with Gasteiger partial charge < -0.3 is 20.1 Å². The van der Waals surface area contributed by atoms with E-state index in [1.54, 1.807) is 14.2 Å². The first kappa shape index (κ1) is 14.8. The Hall–Kier alpha value is -1.30. The zero-order valence-corrected chi connectivity index (χ0v) is 11.1. The van der Waals surface area contributed by atoms with Gasteiger partial charge in [0.1, 0.15) is 5.54 Å². The SMILES string of the molecule is COCCN(C)C(=O)NC1(C(=O)O)CCCCC1. The smallest absolute Gasteiger partial charge is 0.329 e. The molecule has 1 saturated carbocycles. The van der Waals surface area contributed by atoms with Crippen LogP contribution in [0.5, 0.6) is 0 Å². The fourth-order valence-electron chi connectivity index (χ4n) is 2.18. The van der Waals surface area contributed by atoms with Crippen LogP contribution in [0.25, 0.3) is 0 Å². The molecule has 104 valence electrons. The number of rotatable bonds is 5. The highest BCUT2D eigenvalue weighted by Crippen LogP contribution is 2.28. The van der Waals surface area contributed by atoms with Crippen molar-refractivity contribution in [3.63, 3.8) is 0 Å². The molecule has 6 heteroatoms. The first-order valence-electron chi connectivity index (χ1n) is 6.27. The Morgan fingerprint density at radius 2 is 1.94 bits per heavy atom. The summed E-state index contributed by atoms with van der Waals surface area (Å²) in [5, 5.41) is 12.0. The number of amides is 2. The van der Waals surface area contributed by atoms with E-state index in [4.69, 9.17) is 4.74 Å². The van der Waals surface area contributed by atoms with Crippen LogP contribution in [0.4, 0.5) is 4.79 Å². The van der Waals surface area contributed by atoms with Gasteiger partial charge in [-0.15, -0.1) is 0 Å². The lowest BCUT2D eigenvalue weighted by Crippen LogP contribution is -2.58. The Kier molecular flexibility index (Phi) is 5.40. The van der Waals surface area contributed by atoms with Crippen molar-refractivity contribution in [2.24, 2.45) is 0 Å². The largest absolute Gasteiger partial charge is 0.480 e. The van der Waals surface area contributed by atoms with E-state index in [1.807, 2.05) is 0 Å². The van der Waals surface area contributed by atoms with E-state index < -0.39 is 11.5 Å². The topological polar surface area (TPSA) is 78.9 Å². The van der Waals surface area contributed by atoms with Gasteiger partial charge in [-0.05, 0) is 12.8 Å². The highest BCUT2D eigenvalue weighted by molar-refractivity contribution is 5.86. The number of carbonyl (C=O) groups is 2. The molecule has 1 aliphatic rings. The van der Waals surface area contributed by atoms with Gasteiger partial charge in [-0.25, -0.2) is 9.59 Å². The summed E-state index contributed by atoms with van der Waals surface area (Å²) in [4.78, 5) is 24.8. The van der Waals surface area contributed by atoms with Crippen molar-refractivity contribution >= 4 is 12.0 Å². The average Bonchev–Trinajstić information content (AvgIpc) is 2.36. The van der Waals surface area contributed by atoms with Gasteiger partial charge in [0.05, 0.1) is 6.61 Å². The summed E-state index contributed by atoms with van der Waals surface area (Å²) in [5.41, 5.74) is -1.09. The van der Waals surface area contributed by atoms with Crippen LogP contribution in [-0.2, 0) is 9.53 Å². The molecule has 1 aliphatic carbocycles. The number of nitrogens with zero attached hydrogens (tertiary/aromatic N) is 1. The lowest BCUT2D eigenvalue weighted by atomic mass is 9.82. The van der Waals surface area contributed by atoms with E-state index in [2.05, 4.69) is 5.32 Å². The molecule has 1 rings (SSSR count). The Bertz CT molecular complexity index is 300. The van der Waals surface area contributed by atoms with Gasteiger partial charge in [0.2, 0.25) is 0 Å². The van der Waals surface area contributed by atoms with Crippen LogP contribution in [0.2, 0.25) is 0 Å². The molecule has 0 heterocycles. The molecule has 0 aromatic carbocycles. The third-order valence-corrected chi connectivity index (χ3v) is 3.44. The minimum absolute atomic E-state index is 0.351. The molecule has 0 aliphatic heterocycles. The second kappa shape index (κ2) is 6.58. The maximum absolute atomic E-state index is 11.9. The van der Waals surface area contributed by atoms with Crippen LogP contribution >= 0.6 is 0 Å². The Labute approximate surface area is 107 Å². The summed E-state index contributed by atoms with van der Waals surface area (Å²) in [7, 11) is 3.19. The molecule has 0 atom stereocenters. The highest BCUT2D eigenvalue weighted by Gasteiger charge is 2.41. The molecule has 0 unspecified atom stereocenters. The van der Waals surface area contributed by atoms with Gasteiger partial charge in [-0.3, -0.25) is 0 Å². The Morgan fingerprint density at radius 1 is 1.33 bits per heavy atom. The zero-order valence-electron chi connectivity index (χ0n) is 11.1. The zero-order chi connectivity index (χ0) is 13.6. The van der Waals surface area contributed by atoms with Crippen LogP contribution in [-0.4, -0.2) is 54.9 Å². The van der Waals surface area contributed by atoms with E-state index in [0.717, 1.165) is 19.3 Å². The number of carboxylic acids is 1. The minimum atomic E-state index is -1.09. The fourth-order valence-corrected chi connectivity index (χ4v) is 2.18. The number of hydrogen-bond donors (Lipinski definition) is 2. The second-order valence-corrected chi connectivity index (χ2v) is 4.79. The van der Waals surface area contributed by atoms with Crippen LogP contribution in [0.3, 0.4) is 0 Å². The summed E-state index contributed by atoms with van der Waals surface area (Å²) < 4.78 is 4.89. The van der Waals surface area contributed by atoms with Crippen molar-refractivity contribution in [2.45, 2.75) is 37.6 Å². The predicted molar refractivity (Wildman–Crippen MR) is 66.5 cm³/mol. The van der Waals surface area contributed by atoms with E-state index in [-0.39, 0.29) is 6.03 Å². The van der Waals surface area contributed by atoms with E-state index in [9.17, 15) is 14.7 Å². The van der Waals surface area contributed by atoms with Crippen molar-refractivity contribution in [3.8, 4) is 0 Å². The molecule has 1 fully saturated rings. The normalized spacial score (nSPS) is 18.1. The van der Waals surface area contributed by atoms with Crippen LogP contribution < -0.4 is 5.32 Å². The highest BCUT2D eigenvalue weighted by atomic mass is 16.5. The number of hydrogen-bond acceptors (Lipinski definition) is 3. The van der Waals surface area contributed by atoms with Crippen molar-refractivity contribution in [2.75, 3.05) is 27.3 Å². The average molecular weight is 258 g/mol. The van der Waals surface area contributed by atoms with E-state index in [1.165, 1.54) is 4.90 Å². The lowest BCUT2D eigenvalue weighted by Gasteiger charge is -2.35. The maximum Gasteiger partial charge on any atom is 0.329 e. The molecular weight excluding hydrogens is 236 g/mol. The van der Waals surface area contributed by atoms with Crippen molar-refractivity contribution < 1.29 is 19.4 Å². The Balaban J connectivity index is 2.60. The minimum Gasteiger partial charge on any atom is -0.480 e. The number of urea groups is 1. The molecule has 0 radical (unpaired) electrons. The van der Waals surface area contributed by atoms with Gasteiger partial charge >= 0.3 is 12.0 Å². The molecule has 0 bridgehead atoms. The van der Waals surface area contributed by atoms with Gasteiger partial charge in [0.25, 0.3) is 0 Å². The van der Waals surface area contributed by atoms with Gasteiger partial charge in [0, 0.05) is 20.7 Å². The van der Waals surface area contributed by atoms with Crippen LogP contribution in [0.1, 0.15) is 32.1 Å². The van der Waals surface area contributed by atoms with Crippen molar-refractivity contribution in [1.82, 2.24) is 10.2 Å². The first-order chi connectivity index (χ1) is 8.52. The molecule has 0 saturated heterocycles. The molecular formula is C12H22N2O4. The van der Waals surface area contributed by atoms with E-state index >= 15 is 0 Å². The van der Waals surface area contributed by atoms with Gasteiger partial charge in [-0.2, -0.15) is 0 Å². The summed E-state index contributed by atoms with van der Waals surface area (Å²) in [6, 6.07) is -0.351. The quantitative estimate of drug-likeness (QED) is 0.773. The molecule has 2 amide bonds. The van der Waals surface area contributed by atoms with Crippen LogP contribution in [0, 0.1) is 0 Å². The fraction of sp³-hybridized carbons (Fsp3) is 0.833. The number of ether oxygens (including phenoxy) is 1. The van der Waals surface area contributed by atoms with Crippen LogP contribution in [0.15, 0.2) is 0 Å². The third-order valence-electron chi connectivity index (χ3n) is 3.44. The molecule has 0 aromatic rings. The molecule has 0 spiro atoms. The summed E-state index contributed by atoms with van der Waals surface area (Å²) in [5.74, 6) is -0.935. The molecule has 2 N–H and O–H groups in total. The Morgan fingerprint density at radius 3 is 2.44 bits per heavy atom. The monoisotopic (exact) mass is 258 g/mol.